The molecule has 0 amide bonds. The summed E-state index contributed by atoms with van der Waals surface area (Å²) in [7, 11) is 1.70. The van der Waals surface area contributed by atoms with Crippen molar-refractivity contribution in [2.24, 2.45) is 0 Å². The maximum atomic E-state index is 5.46. The SMILES string of the molecule is COCCOCCCCn1cncc1C1CCNC1. The number of imidazole rings is 1. The van der Waals surface area contributed by atoms with E-state index in [4.69, 9.17) is 9.47 Å². The molecular formula is C14H25N3O2. The van der Waals surface area contributed by atoms with E-state index >= 15 is 0 Å². The van der Waals surface area contributed by atoms with Gasteiger partial charge < -0.3 is 19.4 Å². The average Bonchev–Trinajstić information content (AvgIpc) is 3.08. The molecule has 108 valence electrons. The van der Waals surface area contributed by atoms with Crippen molar-refractivity contribution in [2.75, 3.05) is 40.0 Å². The van der Waals surface area contributed by atoms with Gasteiger partial charge in [-0.1, -0.05) is 0 Å². The van der Waals surface area contributed by atoms with Crippen LogP contribution in [0.15, 0.2) is 12.5 Å². The van der Waals surface area contributed by atoms with E-state index in [1.807, 2.05) is 12.5 Å². The second-order valence-electron chi connectivity index (χ2n) is 5.01. The fourth-order valence-electron chi connectivity index (χ4n) is 2.50. The van der Waals surface area contributed by atoms with Crippen molar-refractivity contribution in [1.82, 2.24) is 14.9 Å². The van der Waals surface area contributed by atoms with E-state index in [9.17, 15) is 0 Å². The number of nitrogens with one attached hydrogen (secondary N) is 1. The predicted octanol–water partition coefficient (Wildman–Crippen LogP) is 1.40. The van der Waals surface area contributed by atoms with Gasteiger partial charge in [-0.05, 0) is 25.8 Å². The van der Waals surface area contributed by atoms with Gasteiger partial charge in [-0.15, -0.1) is 0 Å². The number of nitrogens with zero attached hydrogens (tertiary/aromatic N) is 2. The van der Waals surface area contributed by atoms with Crippen LogP contribution in [0, 0.1) is 0 Å². The van der Waals surface area contributed by atoms with E-state index in [0.29, 0.717) is 19.1 Å². The number of rotatable bonds is 9. The molecule has 0 aliphatic carbocycles. The van der Waals surface area contributed by atoms with Crippen molar-refractivity contribution >= 4 is 0 Å². The summed E-state index contributed by atoms with van der Waals surface area (Å²) < 4.78 is 12.7. The molecule has 1 aromatic heterocycles. The second kappa shape index (κ2) is 8.30. The highest BCUT2D eigenvalue weighted by Crippen LogP contribution is 2.22. The number of aromatic nitrogens is 2. The van der Waals surface area contributed by atoms with Crippen molar-refractivity contribution in [2.45, 2.75) is 31.7 Å². The molecule has 1 saturated heterocycles. The standard InChI is InChI=1S/C14H25N3O2/c1-18-8-9-19-7-3-2-6-17-12-16-11-14(17)13-4-5-15-10-13/h11-13,15H,2-10H2,1H3. The Kier molecular flexibility index (Phi) is 6.33. The van der Waals surface area contributed by atoms with Gasteiger partial charge in [0.25, 0.3) is 0 Å². The summed E-state index contributed by atoms with van der Waals surface area (Å²) in [4.78, 5) is 4.29. The van der Waals surface area contributed by atoms with Gasteiger partial charge in [0, 0.05) is 44.6 Å². The average molecular weight is 267 g/mol. The topological polar surface area (TPSA) is 48.3 Å². The first-order chi connectivity index (χ1) is 9.42. The van der Waals surface area contributed by atoms with Crippen LogP contribution in [0.3, 0.4) is 0 Å². The molecule has 0 radical (unpaired) electrons. The first-order valence-electron chi connectivity index (χ1n) is 7.19. The molecule has 0 bridgehead atoms. The number of ether oxygens (including phenoxy) is 2. The highest BCUT2D eigenvalue weighted by atomic mass is 16.5. The van der Waals surface area contributed by atoms with Gasteiger partial charge in [0.1, 0.15) is 0 Å². The fraction of sp³-hybridized carbons (Fsp3) is 0.786. The van der Waals surface area contributed by atoms with Crippen LogP contribution in [0.5, 0.6) is 0 Å². The third kappa shape index (κ3) is 4.60. The Hall–Kier alpha value is -0.910. The monoisotopic (exact) mass is 267 g/mol. The number of hydrogen-bond acceptors (Lipinski definition) is 4. The van der Waals surface area contributed by atoms with Crippen LogP contribution in [-0.4, -0.2) is 49.6 Å². The molecule has 1 aliphatic rings. The van der Waals surface area contributed by atoms with E-state index in [1.54, 1.807) is 7.11 Å². The van der Waals surface area contributed by atoms with Gasteiger partial charge in [-0.25, -0.2) is 4.98 Å². The lowest BCUT2D eigenvalue weighted by Gasteiger charge is -2.12. The first kappa shape index (κ1) is 14.5. The van der Waals surface area contributed by atoms with Gasteiger partial charge in [0.2, 0.25) is 0 Å². The largest absolute Gasteiger partial charge is 0.382 e. The summed E-state index contributed by atoms with van der Waals surface area (Å²) in [6, 6.07) is 0. The molecule has 5 heteroatoms. The van der Waals surface area contributed by atoms with Crippen molar-refractivity contribution in [3.63, 3.8) is 0 Å². The summed E-state index contributed by atoms with van der Waals surface area (Å²) in [5, 5.41) is 3.41. The Morgan fingerprint density at radius 3 is 3.11 bits per heavy atom. The maximum Gasteiger partial charge on any atom is 0.0948 e. The number of hydrogen-bond donors (Lipinski definition) is 1. The molecule has 1 aromatic rings. The minimum Gasteiger partial charge on any atom is -0.382 e. The molecule has 1 unspecified atom stereocenters. The van der Waals surface area contributed by atoms with Crippen molar-refractivity contribution in [3.8, 4) is 0 Å². The molecule has 1 aliphatic heterocycles. The molecule has 1 atom stereocenters. The summed E-state index contributed by atoms with van der Waals surface area (Å²) in [6.07, 6.45) is 7.43. The van der Waals surface area contributed by atoms with Crippen molar-refractivity contribution in [3.05, 3.63) is 18.2 Å². The lowest BCUT2D eigenvalue weighted by atomic mass is 10.1. The zero-order valence-corrected chi connectivity index (χ0v) is 11.8. The predicted molar refractivity (Wildman–Crippen MR) is 74.4 cm³/mol. The third-order valence-electron chi connectivity index (χ3n) is 3.59. The third-order valence-corrected chi connectivity index (χ3v) is 3.59. The van der Waals surface area contributed by atoms with Gasteiger partial charge in [0.05, 0.1) is 19.5 Å². The highest BCUT2D eigenvalue weighted by molar-refractivity contribution is 5.09. The molecule has 0 saturated carbocycles. The van der Waals surface area contributed by atoms with Gasteiger partial charge in [-0.3, -0.25) is 0 Å². The van der Waals surface area contributed by atoms with Crippen LogP contribution in [0.4, 0.5) is 0 Å². The molecule has 19 heavy (non-hydrogen) atoms. The molecule has 0 spiro atoms. The summed E-state index contributed by atoms with van der Waals surface area (Å²) in [5.74, 6) is 0.639. The zero-order valence-electron chi connectivity index (χ0n) is 11.8. The Morgan fingerprint density at radius 1 is 1.37 bits per heavy atom. The van der Waals surface area contributed by atoms with E-state index in [0.717, 1.165) is 39.1 Å². The smallest absolute Gasteiger partial charge is 0.0948 e. The normalized spacial score (nSPS) is 19.1. The second-order valence-corrected chi connectivity index (χ2v) is 5.01. The van der Waals surface area contributed by atoms with Crippen molar-refractivity contribution in [1.29, 1.82) is 0 Å². The Labute approximate surface area is 115 Å². The maximum absolute atomic E-state index is 5.46. The quantitative estimate of drug-likeness (QED) is 0.687. The molecule has 0 aromatic carbocycles. The number of unbranched alkanes of at least 4 members (excludes halogenated alkanes) is 1. The van der Waals surface area contributed by atoms with Crippen molar-refractivity contribution < 1.29 is 9.47 Å². The minimum atomic E-state index is 0.639. The van der Waals surface area contributed by atoms with Crippen LogP contribution in [0.2, 0.25) is 0 Å². The molecular weight excluding hydrogens is 242 g/mol. The van der Waals surface area contributed by atoms with E-state index < -0.39 is 0 Å². The van der Waals surface area contributed by atoms with Crippen LogP contribution >= 0.6 is 0 Å². The summed E-state index contributed by atoms with van der Waals surface area (Å²) >= 11 is 0. The summed E-state index contributed by atoms with van der Waals surface area (Å²) in [6.45, 7) is 5.45. The van der Waals surface area contributed by atoms with E-state index in [1.165, 1.54) is 12.1 Å². The lowest BCUT2D eigenvalue weighted by molar-refractivity contribution is 0.0684. The van der Waals surface area contributed by atoms with Crippen LogP contribution in [0.25, 0.3) is 0 Å². The van der Waals surface area contributed by atoms with Gasteiger partial charge in [-0.2, -0.15) is 0 Å². The minimum absolute atomic E-state index is 0.639. The summed E-state index contributed by atoms with van der Waals surface area (Å²) in [5.41, 5.74) is 1.38. The molecule has 2 heterocycles. The zero-order chi connectivity index (χ0) is 13.3. The molecule has 2 rings (SSSR count). The van der Waals surface area contributed by atoms with Crippen LogP contribution in [0.1, 0.15) is 30.9 Å². The molecule has 5 nitrogen and oxygen atoms in total. The fourth-order valence-corrected chi connectivity index (χ4v) is 2.50. The Morgan fingerprint density at radius 2 is 2.32 bits per heavy atom. The Balaban J connectivity index is 1.64. The lowest BCUT2D eigenvalue weighted by Crippen LogP contribution is -2.12. The molecule has 1 N–H and O–H groups in total. The number of methoxy groups -OCH3 is 1. The van der Waals surface area contributed by atoms with Gasteiger partial charge >= 0.3 is 0 Å². The molecule has 1 fully saturated rings. The highest BCUT2D eigenvalue weighted by Gasteiger charge is 2.19. The van der Waals surface area contributed by atoms with E-state index in [-0.39, 0.29) is 0 Å². The Bertz CT molecular complexity index is 348. The van der Waals surface area contributed by atoms with Crippen LogP contribution in [-0.2, 0) is 16.0 Å². The van der Waals surface area contributed by atoms with E-state index in [2.05, 4.69) is 14.9 Å². The van der Waals surface area contributed by atoms with Gasteiger partial charge in [0.15, 0.2) is 0 Å². The van der Waals surface area contributed by atoms with Crippen LogP contribution < -0.4 is 5.32 Å². The number of aryl methyl sites for hydroxylation is 1. The first-order valence-corrected chi connectivity index (χ1v) is 7.19.